The van der Waals surface area contributed by atoms with Gasteiger partial charge in [-0.05, 0) is 18.9 Å². The molecular weight excluding hydrogens is 312 g/mol. The summed E-state index contributed by atoms with van der Waals surface area (Å²) < 4.78 is 12.7. The van der Waals surface area contributed by atoms with Crippen LogP contribution >= 0.6 is 0 Å². The molecule has 9 nitrogen and oxygen atoms in total. The van der Waals surface area contributed by atoms with Gasteiger partial charge in [-0.25, -0.2) is 19.6 Å². The number of pyridine rings is 1. The molecule has 4 rings (SSSR count). The van der Waals surface area contributed by atoms with Crippen molar-refractivity contribution in [3.05, 3.63) is 24.7 Å². The standard InChI is InChI=1S/C15H16N6O3/c1-23-10-2-3-17-11(6-10)24-15-12-13(16)18-7-19-14(12)21(20-15)8-4-9(22)5-8/h2-3,6-9,22H,4-5H2,1H3,(H2,16,18,19). The molecular formula is C15H16N6O3. The number of aromatic nitrogens is 5. The monoisotopic (exact) mass is 328 g/mol. The Labute approximate surface area is 137 Å². The molecule has 0 atom stereocenters. The van der Waals surface area contributed by atoms with Crippen LogP contribution in [0.4, 0.5) is 5.82 Å². The van der Waals surface area contributed by atoms with Gasteiger partial charge in [-0.3, -0.25) is 0 Å². The van der Waals surface area contributed by atoms with E-state index in [4.69, 9.17) is 15.2 Å². The van der Waals surface area contributed by atoms with Crippen LogP contribution in [0.3, 0.4) is 0 Å². The van der Waals surface area contributed by atoms with Gasteiger partial charge < -0.3 is 20.3 Å². The Kier molecular flexibility index (Phi) is 3.42. The molecule has 0 spiro atoms. The van der Waals surface area contributed by atoms with Crippen LogP contribution in [0.15, 0.2) is 24.7 Å². The van der Waals surface area contributed by atoms with Crippen molar-refractivity contribution in [1.82, 2.24) is 24.7 Å². The molecule has 3 aromatic rings. The van der Waals surface area contributed by atoms with Crippen molar-refractivity contribution >= 4 is 16.9 Å². The molecule has 0 radical (unpaired) electrons. The van der Waals surface area contributed by atoms with Crippen LogP contribution in [0.1, 0.15) is 18.9 Å². The van der Waals surface area contributed by atoms with E-state index in [-0.39, 0.29) is 23.8 Å². The molecule has 1 fully saturated rings. The molecule has 3 aromatic heterocycles. The molecule has 1 aliphatic carbocycles. The zero-order chi connectivity index (χ0) is 16.7. The molecule has 3 heterocycles. The predicted octanol–water partition coefficient (Wildman–Crippen LogP) is 1.30. The summed E-state index contributed by atoms with van der Waals surface area (Å²) in [7, 11) is 1.57. The van der Waals surface area contributed by atoms with E-state index in [1.165, 1.54) is 6.33 Å². The fourth-order valence-corrected chi connectivity index (χ4v) is 2.72. The highest BCUT2D eigenvalue weighted by atomic mass is 16.5. The largest absolute Gasteiger partial charge is 0.497 e. The fourth-order valence-electron chi connectivity index (χ4n) is 2.72. The van der Waals surface area contributed by atoms with Gasteiger partial charge in [0.25, 0.3) is 5.88 Å². The molecule has 124 valence electrons. The highest BCUT2D eigenvalue weighted by molar-refractivity contribution is 5.90. The second kappa shape index (κ2) is 5.60. The number of hydrogen-bond acceptors (Lipinski definition) is 8. The number of nitrogens with two attached hydrogens (primary N) is 1. The highest BCUT2D eigenvalue weighted by Crippen LogP contribution is 2.38. The van der Waals surface area contributed by atoms with Gasteiger partial charge in [-0.1, -0.05) is 0 Å². The zero-order valence-electron chi connectivity index (χ0n) is 13.0. The molecule has 0 amide bonds. The first kappa shape index (κ1) is 14.6. The van der Waals surface area contributed by atoms with Gasteiger partial charge in [-0.2, -0.15) is 0 Å². The zero-order valence-corrected chi connectivity index (χ0v) is 13.0. The first-order chi connectivity index (χ1) is 11.7. The lowest BCUT2D eigenvalue weighted by Crippen LogP contribution is -2.31. The fraction of sp³-hybridized carbons (Fsp3) is 0.333. The number of anilines is 1. The van der Waals surface area contributed by atoms with Crippen LogP contribution in [-0.4, -0.2) is 43.1 Å². The second-order valence-corrected chi connectivity index (χ2v) is 5.62. The molecule has 9 heteroatoms. The summed E-state index contributed by atoms with van der Waals surface area (Å²) in [5, 5.41) is 14.6. The SMILES string of the molecule is COc1ccnc(Oc2nn(C3CC(O)C3)c3ncnc(N)c23)c1. The first-order valence-electron chi connectivity index (χ1n) is 7.50. The van der Waals surface area contributed by atoms with Gasteiger partial charge in [0.1, 0.15) is 23.3 Å². The summed E-state index contributed by atoms with van der Waals surface area (Å²) >= 11 is 0. The minimum Gasteiger partial charge on any atom is -0.497 e. The summed E-state index contributed by atoms with van der Waals surface area (Å²) in [6, 6.07) is 3.43. The van der Waals surface area contributed by atoms with Crippen LogP contribution in [0.2, 0.25) is 0 Å². The maximum atomic E-state index is 9.55. The normalized spacial score (nSPS) is 19.9. The lowest BCUT2D eigenvalue weighted by Gasteiger charge is -2.31. The molecule has 24 heavy (non-hydrogen) atoms. The summed E-state index contributed by atoms with van der Waals surface area (Å²) in [6.45, 7) is 0. The Morgan fingerprint density at radius 3 is 2.88 bits per heavy atom. The predicted molar refractivity (Wildman–Crippen MR) is 84.9 cm³/mol. The molecule has 0 unspecified atom stereocenters. The van der Waals surface area contributed by atoms with Crippen molar-refractivity contribution in [3.8, 4) is 17.5 Å². The van der Waals surface area contributed by atoms with E-state index in [9.17, 15) is 5.11 Å². The van der Waals surface area contributed by atoms with Crippen molar-refractivity contribution in [2.24, 2.45) is 0 Å². The molecule has 0 bridgehead atoms. The lowest BCUT2D eigenvalue weighted by atomic mass is 9.90. The number of fused-ring (bicyclic) bond motifs is 1. The minimum absolute atomic E-state index is 0.0624. The smallest absolute Gasteiger partial charge is 0.253 e. The van der Waals surface area contributed by atoms with Gasteiger partial charge in [0.2, 0.25) is 5.88 Å². The Bertz CT molecular complexity index is 890. The minimum atomic E-state index is -0.308. The number of aliphatic hydroxyl groups is 1. The number of aliphatic hydroxyl groups excluding tert-OH is 1. The van der Waals surface area contributed by atoms with E-state index < -0.39 is 0 Å². The van der Waals surface area contributed by atoms with Crippen LogP contribution in [-0.2, 0) is 0 Å². The number of nitrogen functional groups attached to an aromatic ring is 1. The maximum Gasteiger partial charge on any atom is 0.253 e. The van der Waals surface area contributed by atoms with Crippen LogP contribution in [0.5, 0.6) is 17.5 Å². The average Bonchev–Trinajstić information content (AvgIpc) is 2.91. The Balaban J connectivity index is 1.77. The summed E-state index contributed by atoms with van der Waals surface area (Å²) in [6.07, 6.45) is 3.90. The lowest BCUT2D eigenvalue weighted by molar-refractivity contribution is 0.0446. The third kappa shape index (κ3) is 2.38. The molecule has 3 N–H and O–H groups in total. The molecule has 0 aliphatic heterocycles. The van der Waals surface area contributed by atoms with E-state index in [0.29, 0.717) is 35.5 Å². The first-order valence-corrected chi connectivity index (χ1v) is 7.50. The number of ether oxygens (including phenoxy) is 2. The number of methoxy groups -OCH3 is 1. The molecule has 1 aliphatic rings. The summed E-state index contributed by atoms with van der Waals surface area (Å²) in [5.41, 5.74) is 6.57. The van der Waals surface area contributed by atoms with Gasteiger partial charge in [0.05, 0.1) is 19.3 Å². The summed E-state index contributed by atoms with van der Waals surface area (Å²) in [4.78, 5) is 12.4. The van der Waals surface area contributed by atoms with E-state index in [2.05, 4.69) is 20.1 Å². The van der Waals surface area contributed by atoms with Crippen molar-refractivity contribution in [3.63, 3.8) is 0 Å². The second-order valence-electron chi connectivity index (χ2n) is 5.62. The maximum absolute atomic E-state index is 9.55. The third-order valence-corrected chi connectivity index (χ3v) is 4.06. The molecule has 1 saturated carbocycles. The molecule has 0 aromatic carbocycles. The Morgan fingerprint density at radius 1 is 1.29 bits per heavy atom. The van der Waals surface area contributed by atoms with E-state index in [0.717, 1.165) is 0 Å². The van der Waals surface area contributed by atoms with Gasteiger partial charge in [0, 0.05) is 12.3 Å². The topological polar surface area (TPSA) is 121 Å². The van der Waals surface area contributed by atoms with Crippen LogP contribution < -0.4 is 15.2 Å². The van der Waals surface area contributed by atoms with E-state index >= 15 is 0 Å². The third-order valence-electron chi connectivity index (χ3n) is 4.06. The van der Waals surface area contributed by atoms with Crippen molar-refractivity contribution in [2.45, 2.75) is 25.0 Å². The van der Waals surface area contributed by atoms with Crippen molar-refractivity contribution in [1.29, 1.82) is 0 Å². The Hall–Kier alpha value is -2.94. The van der Waals surface area contributed by atoms with Gasteiger partial charge in [-0.15, -0.1) is 5.10 Å². The van der Waals surface area contributed by atoms with Crippen LogP contribution in [0.25, 0.3) is 11.0 Å². The number of hydrogen-bond donors (Lipinski definition) is 2. The van der Waals surface area contributed by atoms with Gasteiger partial charge >= 0.3 is 0 Å². The van der Waals surface area contributed by atoms with Gasteiger partial charge in [0.15, 0.2) is 5.65 Å². The van der Waals surface area contributed by atoms with Crippen molar-refractivity contribution < 1.29 is 14.6 Å². The van der Waals surface area contributed by atoms with E-state index in [1.807, 2.05) is 0 Å². The molecule has 0 saturated heterocycles. The number of rotatable bonds is 4. The Morgan fingerprint density at radius 2 is 2.12 bits per heavy atom. The summed E-state index contributed by atoms with van der Waals surface area (Å²) in [5.74, 6) is 1.52. The highest BCUT2D eigenvalue weighted by Gasteiger charge is 2.32. The number of nitrogens with zero attached hydrogens (tertiary/aromatic N) is 5. The quantitative estimate of drug-likeness (QED) is 0.735. The van der Waals surface area contributed by atoms with E-state index in [1.54, 1.807) is 30.1 Å². The van der Waals surface area contributed by atoms with Crippen molar-refractivity contribution in [2.75, 3.05) is 12.8 Å². The van der Waals surface area contributed by atoms with Crippen LogP contribution in [0, 0.1) is 0 Å². The average molecular weight is 328 g/mol.